The second-order valence-corrected chi connectivity index (χ2v) is 9.11. The van der Waals surface area contributed by atoms with E-state index >= 15 is 0 Å². The molecule has 0 aliphatic heterocycles. The topological polar surface area (TPSA) is 110 Å². The zero-order valence-corrected chi connectivity index (χ0v) is 19.7. The van der Waals surface area contributed by atoms with Gasteiger partial charge in [-0.15, -0.1) is 0 Å². The number of Topliss-reactive ketones (excluding diaryl/α,β-unsaturated/α-hetero) is 2. The predicted molar refractivity (Wildman–Crippen MR) is 121 cm³/mol. The fourth-order valence-electron chi connectivity index (χ4n) is 4.10. The van der Waals surface area contributed by atoms with Gasteiger partial charge in [0.05, 0.1) is 12.9 Å². The minimum absolute atomic E-state index is 0.00308. The average Bonchev–Trinajstić information content (AvgIpc) is 2.77. The van der Waals surface area contributed by atoms with Crippen molar-refractivity contribution in [1.82, 2.24) is 0 Å². The Hall–Kier alpha value is -2.35. The van der Waals surface area contributed by atoms with Crippen LogP contribution in [0.3, 0.4) is 0 Å². The van der Waals surface area contributed by atoms with Crippen LogP contribution in [-0.2, 0) is 24.0 Å². The van der Waals surface area contributed by atoms with Crippen molar-refractivity contribution >= 4 is 17.5 Å². The maximum Gasteiger partial charge on any atom is 0.335 e. The number of ketones is 2. The molecule has 0 spiro atoms. The second kappa shape index (κ2) is 12.6. The highest BCUT2D eigenvalue weighted by molar-refractivity contribution is 6.00. The molecule has 2 N–H and O–H groups in total. The molecule has 7 heteroatoms. The first kappa shape index (κ1) is 27.7. The van der Waals surface area contributed by atoms with Gasteiger partial charge in [-0.2, -0.15) is 0 Å². The van der Waals surface area contributed by atoms with Gasteiger partial charge >= 0.3 is 5.97 Å². The predicted octanol–water partition coefficient (Wildman–Crippen LogP) is 4.33. The Bertz CT molecular complexity index is 801. The number of carbonyl (C=O) groups excluding carboxylic acids is 3. The van der Waals surface area contributed by atoms with Crippen LogP contribution in [0.15, 0.2) is 47.8 Å². The van der Waals surface area contributed by atoms with Gasteiger partial charge in [-0.3, -0.25) is 10.1 Å². The highest BCUT2D eigenvalue weighted by Gasteiger charge is 2.43. The van der Waals surface area contributed by atoms with E-state index in [0.717, 1.165) is 5.57 Å². The van der Waals surface area contributed by atoms with Crippen LogP contribution in [0.2, 0.25) is 0 Å². The molecule has 7 nitrogen and oxygen atoms in total. The summed E-state index contributed by atoms with van der Waals surface area (Å²) in [6.07, 6.45) is 6.85. The van der Waals surface area contributed by atoms with Gasteiger partial charge in [0.1, 0.15) is 11.9 Å². The minimum Gasteiger partial charge on any atom is -0.432 e. The summed E-state index contributed by atoms with van der Waals surface area (Å²) in [5.74, 6) is -2.13. The van der Waals surface area contributed by atoms with E-state index in [-0.39, 0.29) is 23.6 Å². The fourth-order valence-corrected chi connectivity index (χ4v) is 4.10. The van der Waals surface area contributed by atoms with Crippen molar-refractivity contribution in [3.05, 3.63) is 47.8 Å². The Morgan fingerprint density at radius 1 is 1.31 bits per heavy atom. The lowest BCUT2D eigenvalue weighted by molar-refractivity contribution is -0.270. The quantitative estimate of drug-likeness (QED) is 0.121. The number of carbonyl (C=O) groups is 3. The van der Waals surface area contributed by atoms with E-state index in [1.54, 1.807) is 32.9 Å². The molecule has 4 atom stereocenters. The first-order valence-corrected chi connectivity index (χ1v) is 10.8. The monoisotopic (exact) mass is 448 g/mol. The van der Waals surface area contributed by atoms with Gasteiger partial charge in [0.2, 0.25) is 0 Å². The molecule has 32 heavy (non-hydrogen) atoms. The van der Waals surface area contributed by atoms with Gasteiger partial charge < -0.3 is 14.6 Å². The third-order valence-corrected chi connectivity index (χ3v) is 5.92. The van der Waals surface area contributed by atoms with Crippen LogP contribution in [0.4, 0.5) is 0 Å². The van der Waals surface area contributed by atoms with Gasteiger partial charge in [0.25, 0.3) is 0 Å². The van der Waals surface area contributed by atoms with Crippen LogP contribution < -0.4 is 0 Å². The van der Waals surface area contributed by atoms with Crippen molar-refractivity contribution in [2.75, 3.05) is 6.61 Å². The van der Waals surface area contributed by atoms with Crippen LogP contribution in [0, 0.1) is 17.3 Å². The molecule has 0 amide bonds. The van der Waals surface area contributed by atoms with Gasteiger partial charge in [0, 0.05) is 24.0 Å². The Morgan fingerprint density at radius 2 is 1.97 bits per heavy atom. The van der Waals surface area contributed by atoms with E-state index in [1.807, 2.05) is 6.92 Å². The SMILES string of the molecule is C=C(C)C(CCC1(C)CC=C(CO)C(=O)C(CC(C)=O)C1C=COC(=O)C=C(C)C)OO. The number of aliphatic hydroxyl groups excluding tert-OH is 1. The van der Waals surface area contributed by atoms with Crippen LogP contribution in [0.5, 0.6) is 0 Å². The Kier molecular flexibility index (Phi) is 10.9. The smallest absolute Gasteiger partial charge is 0.335 e. The number of allylic oxidation sites excluding steroid dienone is 3. The van der Waals surface area contributed by atoms with E-state index in [1.165, 1.54) is 19.3 Å². The molecule has 0 heterocycles. The first-order chi connectivity index (χ1) is 14.9. The Morgan fingerprint density at radius 3 is 2.47 bits per heavy atom. The van der Waals surface area contributed by atoms with Crippen molar-refractivity contribution in [3.63, 3.8) is 0 Å². The number of hydrogen-bond donors (Lipinski definition) is 2. The molecule has 178 valence electrons. The molecule has 0 saturated heterocycles. The van der Waals surface area contributed by atoms with Crippen molar-refractivity contribution < 1.29 is 34.4 Å². The molecule has 0 aromatic carbocycles. The van der Waals surface area contributed by atoms with Crippen molar-refractivity contribution in [1.29, 1.82) is 0 Å². The molecule has 0 bridgehead atoms. The number of ether oxygens (including phenoxy) is 1. The summed E-state index contributed by atoms with van der Waals surface area (Å²) in [6, 6.07) is 0. The third kappa shape index (κ3) is 7.97. The Balaban J connectivity index is 3.37. The number of esters is 1. The van der Waals surface area contributed by atoms with Crippen LogP contribution in [0.25, 0.3) is 0 Å². The molecule has 0 aromatic heterocycles. The molecule has 4 unspecified atom stereocenters. The summed E-state index contributed by atoms with van der Waals surface area (Å²) in [6.45, 7) is 12.1. The maximum atomic E-state index is 13.1. The van der Waals surface area contributed by atoms with Gasteiger partial charge in [-0.05, 0) is 69.9 Å². The molecular weight excluding hydrogens is 412 g/mol. The normalized spacial score (nSPS) is 24.5. The van der Waals surface area contributed by atoms with E-state index in [2.05, 4.69) is 11.5 Å². The second-order valence-electron chi connectivity index (χ2n) is 9.11. The van der Waals surface area contributed by atoms with Crippen LogP contribution in [0.1, 0.15) is 60.3 Å². The summed E-state index contributed by atoms with van der Waals surface area (Å²) in [7, 11) is 0. The maximum absolute atomic E-state index is 13.1. The highest BCUT2D eigenvalue weighted by Crippen LogP contribution is 2.46. The summed E-state index contributed by atoms with van der Waals surface area (Å²) in [5, 5.41) is 18.9. The van der Waals surface area contributed by atoms with E-state index in [0.29, 0.717) is 24.8 Å². The number of rotatable bonds is 11. The van der Waals surface area contributed by atoms with Gasteiger partial charge in [-0.1, -0.05) is 25.2 Å². The van der Waals surface area contributed by atoms with Crippen LogP contribution >= 0.6 is 0 Å². The van der Waals surface area contributed by atoms with Crippen molar-refractivity contribution in [2.24, 2.45) is 17.3 Å². The molecule has 0 saturated carbocycles. The summed E-state index contributed by atoms with van der Waals surface area (Å²) in [5.41, 5.74) is 1.18. The Labute approximate surface area is 190 Å². The van der Waals surface area contributed by atoms with Crippen LogP contribution in [-0.4, -0.2) is 40.6 Å². The minimum atomic E-state index is -0.713. The molecule has 0 fully saturated rings. The lowest BCUT2D eigenvalue weighted by atomic mass is 9.65. The zero-order chi connectivity index (χ0) is 24.5. The molecule has 1 rings (SSSR count). The first-order valence-electron chi connectivity index (χ1n) is 10.8. The lowest BCUT2D eigenvalue weighted by Crippen LogP contribution is -2.36. The van der Waals surface area contributed by atoms with E-state index < -0.39 is 35.9 Å². The molecule has 1 aliphatic carbocycles. The standard InChI is InChI=1S/C25H36O7/c1-16(2)13-23(28)31-12-9-21-20(14-18(5)27)24(29)19(15-26)7-10-25(21,6)11-8-22(32-30)17(3)4/h7,9,12-13,20-22,26,30H,3,8,10-11,14-15H2,1-2,4-6H3. The van der Waals surface area contributed by atoms with E-state index in [9.17, 15) is 24.7 Å². The fraction of sp³-hybridized carbons (Fsp3) is 0.560. The zero-order valence-electron chi connectivity index (χ0n) is 19.7. The summed E-state index contributed by atoms with van der Waals surface area (Å²) < 4.78 is 5.18. The number of hydrogen-bond acceptors (Lipinski definition) is 7. The summed E-state index contributed by atoms with van der Waals surface area (Å²) >= 11 is 0. The third-order valence-electron chi connectivity index (χ3n) is 5.92. The molecule has 1 aliphatic rings. The van der Waals surface area contributed by atoms with Crippen molar-refractivity contribution in [3.8, 4) is 0 Å². The number of aliphatic hydroxyl groups is 1. The largest absolute Gasteiger partial charge is 0.432 e. The molecular formula is C25H36O7. The molecule has 0 radical (unpaired) electrons. The molecule has 0 aromatic rings. The lowest BCUT2D eigenvalue weighted by Gasteiger charge is -2.38. The van der Waals surface area contributed by atoms with Crippen molar-refractivity contribution in [2.45, 2.75) is 66.4 Å². The average molecular weight is 449 g/mol. The highest BCUT2D eigenvalue weighted by atomic mass is 17.1. The van der Waals surface area contributed by atoms with E-state index in [4.69, 9.17) is 4.74 Å². The van der Waals surface area contributed by atoms with Gasteiger partial charge in [-0.25, -0.2) is 9.68 Å². The summed E-state index contributed by atoms with van der Waals surface area (Å²) in [4.78, 5) is 41.6. The van der Waals surface area contributed by atoms with Gasteiger partial charge in [0.15, 0.2) is 5.78 Å².